The Balaban J connectivity index is 2.36. The summed E-state index contributed by atoms with van der Waals surface area (Å²) < 4.78 is 20.6. The Kier molecular flexibility index (Phi) is 3.57. The van der Waals surface area contributed by atoms with E-state index in [1.165, 1.54) is 19.2 Å². The van der Waals surface area contributed by atoms with Crippen molar-refractivity contribution in [1.82, 2.24) is 0 Å². The number of hydrogen-bond donors (Lipinski definition) is 1. The fraction of sp³-hybridized carbons (Fsp3) is 0.417. The normalized spacial score (nSPS) is 17.3. The molecule has 0 aromatic heterocycles. The van der Waals surface area contributed by atoms with E-state index < -0.39 is 5.97 Å². The summed E-state index contributed by atoms with van der Waals surface area (Å²) in [6.45, 7) is 0.579. The van der Waals surface area contributed by atoms with E-state index in [-0.39, 0.29) is 35.5 Å². The summed E-state index contributed by atoms with van der Waals surface area (Å²) in [5, 5.41) is 9.72. The molecular weight excluding hydrogens is 240 g/mol. The largest absolute Gasteiger partial charge is 0.504 e. The molecule has 0 amide bonds. The van der Waals surface area contributed by atoms with Crippen LogP contribution in [0.15, 0.2) is 12.1 Å². The molecule has 0 spiro atoms. The van der Waals surface area contributed by atoms with Crippen LogP contribution in [0.3, 0.4) is 0 Å². The molecule has 1 aliphatic heterocycles. The number of phenolic OH excluding ortho intramolecular Hbond substituents is 1. The Labute approximate surface area is 104 Å². The van der Waals surface area contributed by atoms with Gasteiger partial charge in [-0.1, -0.05) is 0 Å². The van der Waals surface area contributed by atoms with Crippen LogP contribution in [0.1, 0.15) is 10.4 Å². The zero-order valence-electron chi connectivity index (χ0n) is 10.1. The third-order valence-corrected chi connectivity index (χ3v) is 2.55. The standard InChI is InChI=1S/C12H14O6/c1-15-5-7-6-17-10-8(12(14)16-2)3-4-9(13)11(10)18-7/h3-4,7,13H,5-6H2,1-2H3. The smallest absolute Gasteiger partial charge is 0.341 e. The summed E-state index contributed by atoms with van der Waals surface area (Å²) in [5.74, 6) is -0.279. The number of fused-ring (bicyclic) bond motifs is 1. The first-order valence-corrected chi connectivity index (χ1v) is 5.40. The number of methoxy groups -OCH3 is 2. The highest BCUT2D eigenvalue weighted by Crippen LogP contribution is 2.42. The van der Waals surface area contributed by atoms with E-state index in [9.17, 15) is 9.90 Å². The molecule has 0 aliphatic carbocycles. The minimum atomic E-state index is -0.542. The van der Waals surface area contributed by atoms with Gasteiger partial charge in [-0.3, -0.25) is 0 Å². The second-order valence-electron chi connectivity index (χ2n) is 3.79. The van der Waals surface area contributed by atoms with Crippen LogP contribution in [-0.2, 0) is 9.47 Å². The van der Waals surface area contributed by atoms with Gasteiger partial charge in [-0.05, 0) is 12.1 Å². The summed E-state index contributed by atoms with van der Waals surface area (Å²) in [4.78, 5) is 11.5. The monoisotopic (exact) mass is 254 g/mol. The lowest BCUT2D eigenvalue weighted by atomic mass is 10.1. The van der Waals surface area contributed by atoms with Gasteiger partial charge < -0.3 is 24.1 Å². The molecule has 0 saturated carbocycles. The van der Waals surface area contributed by atoms with Crippen molar-refractivity contribution in [3.63, 3.8) is 0 Å². The van der Waals surface area contributed by atoms with Crippen LogP contribution in [0.4, 0.5) is 0 Å². The number of aromatic hydroxyl groups is 1. The van der Waals surface area contributed by atoms with Gasteiger partial charge in [0.05, 0.1) is 13.7 Å². The van der Waals surface area contributed by atoms with Gasteiger partial charge in [-0.2, -0.15) is 0 Å². The number of esters is 1. The van der Waals surface area contributed by atoms with Gasteiger partial charge >= 0.3 is 5.97 Å². The lowest BCUT2D eigenvalue weighted by molar-refractivity contribution is 0.0236. The summed E-state index contributed by atoms with van der Waals surface area (Å²) in [6, 6.07) is 2.80. The fourth-order valence-electron chi connectivity index (χ4n) is 1.73. The number of carbonyl (C=O) groups is 1. The maximum absolute atomic E-state index is 11.5. The highest BCUT2D eigenvalue weighted by Gasteiger charge is 2.28. The van der Waals surface area contributed by atoms with Crippen molar-refractivity contribution in [2.24, 2.45) is 0 Å². The van der Waals surface area contributed by atoms with Gasteiger partial charge in [0.2, 0.25) is 5.75 Å². The molecule has 0 fully saturated rings. The Morgan fingerprint density at radius 1 is 1.44 bits per heavy atom. The SMILES string of the molecule is COCC1COc2c(C(=O)OC)ccc(O)c2O1. The van der Waals surface area contributed by atoms with Crippen LogP contribution in [-0.4, -0.2) is 44.6 Å². The molecule has 1 N–H and O–H groups in total. The Morgan fingerprint density at radius 2 is 2.22 bits per heavy atom. The quantitative estimate of drug-likeness (QED) is 0.810. The van der Waals surface area contributed by atoms with Crippen molar-refractivity contribution in [2.45, 2.75) is 6.10 Å². The number of carbonyl (C=O) groups excluding carboxylic acids is 1. The number of phenols is 1. The molecular formula is C12H14O6. The van der Waals surface area contributed by atoms with E-state index >= 15 is 0 Å². The zero-order chi connectivity index (χ0) is 13.1. The number of rotatable bonds is 3. The maximum atomic E-state index is 11.5. The van der Waals surface area contributed by atoms with Gasteiger partial charge in [0.15, 0.2) is 17.6 Å². The first-order chi connectivity index (χ1) is 8.67. The fourth-order valence-corrected chi connectivity index (χ4v) is 1.73. The summed E-state index contributed by atoms with van der Waals surface area (Å²) >= 11 is 0. The van der Waals surface area contributed by atoms with Crippen molar-refractivity contribution in [3.05, 3.63) is 17.7 Å². The maximum Gasteiger partial charge on any atom is 0.341 e. The van der Waals surface area contributed by atoms with Crippen molar-refractivity contribution in [2.75, 3.05) is 27.4 Å². The molecule has 2 rings (SSSR count). The Bertz CT molecular complexity index is 456. The van der Waals surface area contributed by atoms with Crippen LogP contribution in [0.5, 0.6) is 17.2 Å². The molecule has 6 heteroatoms. The third kappa shape index (κ3) is 2.19. The number of ether oxygens (including phenoxy) is 4. The van der Waals surface area contributed by atoms with Crippen molar-refractivity contribution in [3.8, 4) is 17.2 Å². The van der Waals surface area contributed by atoms with Crippen LogP contribution in [0.25, 0.3) is 0 Å². The highest BCUT2D eigenvalue weighted by molar-refractivity contribution is 5.94. The number of hydrogen-bond acceptors (Lipinski definition) is 6. The van der Waals surface area contributed by atoms with E-state index in [0.717, 1.165) is 0 Å². The third-order valence-electron chi connectivity index (χ3n) is 2.55. The minimum absolute atomic E-state index is 0.0848. The second-order valence-corrected chi connectivity index (χ2v) is 3.79. The average molecular weight is 254 g/mol. The lowest BCUT2D eigenvalue weighted by Crippen LogP contribution is -2.33. The molecule has 0 bridgehead atoms. The molecule has 6 nitrogen and oxygen atoms in total. The molecule has 18 heavy (non-hydrogen) atoms. The van der Waals surface area contributed by atoms with Gasteiger partial charge in [0.1, 0.15) is 12.2 Å². The van der Waals surface area contributed by atoms with Gasteiger partial charge in [0.25, 0.3) is 0 Å². The molecule has 1 atom stereocenters. The molecule has 98 valence electrons. The predicted octanol–water partition coefficient (Wildman–Crippen LogP) is 0.965. The topological polar surface area (TPSA) is 74.2 Å². The van der Waals surface area contributed by atoms with E-state index in [0.29, 0.717) is 6.61 Å². The molecule has 1 aromatic rings. The van der Waals surface area contributed by atoms with Crippen LogP contribution in [0, 0.1) is 0 Å². The van der Waals surface area contributed by atoms with Gasteiger partial charge in [0, 0.05) is 7.11 Å². The first kappa shape index (κ1) is 12.5. The Hall–Kier alpha value is -1.95. The molecule has 0 radical (unpaired) electrons. The summed E-state index contributed by atoms with van der Waals surface area (Å²) in [6.07, 6.45) is -0.318. The lowest BCUT2D eigenvalue weighted by Gasteiger charge is -2.27. The van der Waals surface area contributed by atoms with Gasteiger partial charge in [-0.25, -0.2) is 4.79 Å². The summed E-state index contributed by atoms with van der Waals surface area (Å²) in [5.41, 5.74) is 0.223. The molecule has 1 aromatic carbocycles. The van der Waals surface area contributed by atoms with Crippen molar-refractivity contribution in [1.29, 1.82) is 0 Å². The van der Waals surface area contributed by atoms with E-state index in [2.05, 4.69) is 4.74 Å². The number of benzene rings is 1. The molecule has 1 unspecified atom stereocenters. The molecule has 0 saturated heterocycles. The van der Waals surface area contributed by atoms with Crippen LogP contribution in [0.2, 0.25) is 0 Å². The first-order valence-electron chi connectivity index (χ1n) is 5.40. The van der Waals surface area contributed by atoms with E-state index in [1.54, 1.807) is 7.11 Å². The van der Waals surface area contributed by atoms with Crippen molar-refractivity contribution >= 4 is 5.97 Å². The highest BCUT2D eigenvalue weighted by atomic mass is 16.6. The zero-order valence-corrected chi connectivity index (χ0v) is 10.1. The Morgan fingerprint density at radius 3 is 2.89 bits per heavy atom. The molecule has 1 heterocycles. The van der Waals surface area contributed by atoms with Crippen LogP contribution < -0.4 is 9.47 Å². The van der Waals surface area contributed by atoms with E-state index in [4.69, 9.17) is 14.2 Å². The summed E-state index contributed by atoms with van der Waals surface area (Å²) in [7, 11) is 2.82. The average Bonchev–Trinajstić information content (AvgIpc) is 2.39. The van der Waals surface area contributed by atoms with Gasteiger partial charge in [-0.15, -0.1) is 0 Å². The van der Waals surface area contributed by atoms with Crippen molar-refractivity contribution < 1.29 is 28.8 Å². The minimum Gasteiger partial charge on any atom is -0.504 e. The van der Waals surface area contributed by atoms with E-state index in [1.807, 2.05) is 0 Å². The second kappa shape index (κ2) is 5.14. The van der Waals surface area contributed by atoms with Crippen LogP contribution >= 0.6 is 0 Å². The molecule has 1 aliphatic rings. The predicted molar refractivity (Wildman–Crippen MR) is 61.2 cm³/mol.